The molecule has 5 aromatic rings. The fraction of sp³-hybridized carbons (Fsp3) is 0.359. The third kappa shape index (κ3) is 8.97. The molecule has 0 aliphatic rings. The van der Waals surface area contributed by atoms with Gasteiger partial charge in [0, 0.05) is 55.3 Å². The number of carbonyl (C=O) groups is 1. The molecule has 0 aliphatic carbocycles. The SMILES string of the molecule is CC(C)(C)c1cc(-c2cc(-c3ccc4ccsc4n3)ccn2)[c-]c2ccccc12.CCC(CC)C(=O)/C=C(\O)C(CC)CC.[Ir]. The third-order valence-corrected chi connectivity index (χ3v) is 9.14. The van der Waals surface area contributed by atoms with E-state index in [2.05, 4.69) is 91.8 Å². The number of hydrogen-bond acceptors (Lipinski definition) is 5. The van der Waals surface area contributed by atoms with Gasteiger partial charge in [0.1, 0.15) is 4.83 Å². The Bertz CT molecular complexity index is 1740. The van der Waals surface area contributed by atoms with E-state index in [1.54, 1.807) is 11.3 Å². The van der Waals surface area contributed by atoms with Gasteiger partial charge < -0.3 is 5.11 Å². The Labute approximate surface area is 286 Å². The number of benzene rings is 2. The summed E-state index contributed by atoms with van der Waals surface area (Å²) in [6.45, 7) is 14.8. The minimum atomic E-state index is 0. The number of rotatable bonds is 9. The number of fused-ring (bicyclic) bond motifs is 2. The molecule has 3 aromatic heterocycles. The first-order valence-electron chi connectivity index (χ1n) is 15.8. The average Bonchev–Trinajstić information content (AvgIpc) is 3.50. The Morgan fingerprint density at radius 2 is 1.60 bits per heavy atom. The molecule has 0 saturated heterocycles. The van der Waals surface area contributed by atoms with E-state index in [9.17, 15) is 9.90 Å². The van der Waals surface area contributed by atoms with E-state index in [0.29, 0.717) is 0 Å². The summed E-state index contributed by atoms with van der Waals surface area (Å²) in [4.78, 5) is 22.3. The first-order valence-corrected chi connectivity index (χ1v) is 16.7. The van der Waals surface area contributed by atoms with E-state index in [1.165, 1.54) is 22.4 Å². The molecule has 0 aliphatic heterocycles. The van der Waals surface area contributed by atoms with Gasteiger partial charge in [0.25, 0.3) is 0 Å². The van der Waals surface area contributed by atoms with Crippen molar-refractivity contribution in [2.45, 2.75) is 79.6 Å². The number of aliphatic hydroxyl groups is 1. The summed E-state index contributed by atoms with van der Waals surface area (Å²) in [5, 5.41) is 15.4. The topological polar surface area (TPSA) is 63.1 Å². The smallest absolute Gasteiger partial charge is 0.162 e. The van der Waals surface area contributed by atoms with E-state index in [-0.39, 0.29) is 48.9 Å². The molecular weight excluding hydrogens is 753 g/mol. The van der Waals surface area contributed by atoms with Crippen LogP contribution < -0.4 is 0 Å². The molecule has 45 heavy (non-hydrogen) atoms. The van der Waals surface area contributed by atoms with Gasteiger partial charge in [-0.1, -0.05) is 83.7 Å². The van der Waals surface area contributed by atoms with Crippen LogP contribution in [-0.2, 0) is 30.3 Å². The van der Waals surface area contributed by atoms with Gasteiger partial charge in [-0.25, -0.2) is 4.98 Å². The van der Waals surface area contributed by atoms with Crippen LogP contribution in [0.15, 0.2) is 84.1 Å². The van der Waals surface area contributed by atoms with Crippen molar-refractivity contribution >= 4 is 38.1 Å². The van der Waals surface area contributed by atoms with Gasteiger partial charge in [0.15, 0.2) is 5.78 Å². The van der Waals surface area contributed by atoms with Crippen molar-refractivity contribution in [3.8, 4) is 22.5 Å². The molecule has 0 bridgehead atoms. The zero-order valence-electron chi connectivity index (χ0n) is 27.5. The second-order valence-corrected chi connectivity index (χ2v) is 13.2. The van der Waals surface area contributed by atoms with Crippen LogP contribution in [0.1, 0.15) is 79.7 Å². The predicted octanol–water partition coefficient (Wildman–Crippen LogP) is 11.1. The van der Waals surface area contributed by atoms with Gasteiger partial charge in [-0.2, -0.15) is 0 Å². The summed E-state index contributed by atoms with van der Waals surface area (Å²) < 4.78 is 0. The maximum Gasteiger partial charge on any atom is 0.162 e. The van der Waals surface area contributed by atoms with Gasteiger partial charge in [-0.3, -0.25) is 9.78 Å². The molecule has 4 nitrogen and oxygen atoms in total. The molecule has 0 atom stereocenters. The van der Waals surface area contributed by atoms with E-state index < -0.39 is 0 Å². The van der Waals surface area contributed by atoms with Crippen molar-refractivity contribution in [3.63, 3.8) is 0 Å². The molecule has 1 N–H and O–H groups in total. The van der Waals surface area contributed by atoms with Crippen LogP contribution in [0.5, 0.6) is 0 Å². The zero-order chi connectivity index (χ0) is 31.9. The van der Waals surface area contributed by atoms with Crippen molar-refractivity contribution in [1.29, 1.82) is 0 Å². The number of aromatic nitrogens is 2. The van der Waals surface area contributed by atoms with E-state index in [1.807, 2.05) is 40.0 Å². The summed E-state index contributed by atoms with van der Waals surface area (Å²) >= 11 is 1.67. The van der Waals surface area contributed by atoms with Crippen LogP contribution in [0.3, 0.4) is 0 Å². The molecule has 0 fully saturated rings. The fourth-order valence-electron chi connectivity index (χ4n) is 5.51. The molecule has 0 unspecified atom stereocenters. The number of thiophene rings is 1. The van der Waals surface area contributed by atoms with Crippen LogP contribution in [0.4, 0.5) is 0 Å². The Morgan fingerprint density at radius 1 is 0.911 bits per heavy atom. The molecule has 2 aromatic carbocycles. The number of pyridine rings is 2. The first kappa shape index (κ1) is 36.3. The molecule has 3 heterocycles. The average molecular weight is 798 g/mol. The Morgan fingerprint density at radius 3 is 2.27 bits per heavy atom. The van der Waals surface area contributed by atoms with E-state index in [0.717, 1.165) is 58.4 Å². The minimum absolute atomic E-state index is 0. The summed E-state index contributed by atoms with van der Waals surface area (Å²) in [7, 11) is 0. The second-order valence-electron chi connectivity index (χ2n) is 12.3. The van der Waals surface area contributed by atoms with Crippen LogP contribution in [0.25, 0.3) is 43.5 Å². The predicted molar refractivity (Wildman–Crippen MR) is 187 cm³/mol. The Hall–Kier alpha value is -3.18. The van der Waals surface area contributed by atoms with Crippen molar-refractivity contribution in [3.05, 3.63) is 95.7 Å². The third-order valence-electron chi connectivity index (χ3n) is 8.31. The monoisotopic (exact) mass is 798 g/mol. The van der Waals surface area contributed by atoms with Crippen LogP contribution >= 0.6 is 11.3 Å². The summed E-state index contributed by atoms with van der Waals surface area (Å²) in [5.41, 5.74) is 5.34. The number of hydrogen-bond donors (Lipinski definition) is 1. The van der Waals surface area contributed by atoms with Crippen molar-refractivity contribution < 1.29 is 30.0 Å². The molecule has 0 amide bonds. The Kier molecular flexibility index (Phi) is 13.2. The molecule has 0 spiro atoms. The Balaban J connectivity index is 0.000000297. The quantitative estimate of drug-likeness (QED) is 0.0917. The number of ketones is 1. The molecule has 0 saturated carbocycles. The van der Waals surface area contributed by atoms with Gasteiger partial charge in [-0.05, 0) is 66.3 Å². The molecule has 5 rings (SSSR count). The summed E-state index contributed by atoms with van der Waals surface area (Å²) in [6, 6.07) is 24.8. The van der Waals surface area contributed by atoms with Crippen molar-refractivity contribution in [1.82, 2.24) is 9.97 Å². The molecule has 239 valence electrons. The van der Waals surface area contributed by atoms with Crippen LogP contribution in [0.2, 0.25) is 0 Å². The van der Waals surface area contributed by atoms with Gasteiger partial charge >= 0.3 is 0 Å². The van der Waals surface area contributed by atoms with Crippen molar-refractivity contribution in [2.24, 2.45) is 11.8 Å². The van der Waals surface area contributed by atoms with Gasteiger partial charge in [0.2, 0.25) is 0 Å². The standard InChI is InChI=1S/C26H21N2S.C13H24O2.Ir/c1-26(2,3)22-15-20(14-18-6-4-5-7-21(18)22)24-16-19(10-12-27-24)23-9-8-17-11-13-29-25(17)28-23;1-5-10(6-2)12(14)9-13(15)11(7-3)8-4;/h4-13,15-16H,1-3H3;9-11,14H,5-8H2,1-4H3;/q-1;;/b;12-9-;. The maximum absolute atomic E-state index is 11.7. The first-order chi connectivity index (χ1) is 21.1. The van der Waals surface area contributed by atoms with Crippen LogP contribution in [0, 0.1) is 17.9 Å². The van der Waals surface area contributed by atoms with E-state index in [4.69, 9.17) is 4.98 Å². The normalized spacial score (nSPS) is 11.9. The summed E-state index contributed by atoms with van der Waals surface area (Å²) in [6.07, 6.45) is 6.77. The largest absolute Gasteiger partial charge is 0.512 e. The van der Waals surface area contributed by atoms with Gasteiger partial charge in [-0.15, -0.1) is 40.5 Å². The van der Waals surface area contributed by atoms with Crippen LogP contribution in [-0.4, -0.2) is 20.9 Å². The van der Waals surface area contributed by atoms with Gasteiger partial charge in [0.05, 0.1) is 11.5 Å². The number of allylic oxidation sites excluding steroid dienone is 2. The molecule has 6 heteroatoms. The second kappa shape index (κ2) is 16.4. The molecular formula is C39H45IrN2O2S-. The zero-order valence-corrected chi connectivity index (χ0v) is 30.7. The van der Waals surface area contributed by atoms with Crippen molar-refractivity contribution in [2.75, 3.05) is 0 Å². The number of nitrogens with zero attached hydrogens (tertiary/aromatic N) is 2. The maximum atomic E-state index is 11.7. The number of carbonyl (C=O) groups excluding carboxylic acids is 1. The molecule has 1 radical (unpaired) electrons. The minimum Gasteiger partial charge on any atom is -0.512 e. The summed E-state index contributed by atoms with van der Waals surface area (Å²) in [5.74, 6) is 0.547. The fourth-order valence-corrected chi connectivity index (χ4v) is 6.28. The number of aliphatic hydroxyl groups excluding tert-OH is 1. The van der Waals surface area contributed by atoms with E-state index >= 15 is 0 Å².